The van der Waals surface area contributed by atoms with Crippen molar-refractivity contribution in [3.05, 3.63) is 34.7 Å². The molecule has 0 spiro atoms. The highest BCUT2D eigenvalue weighted by atomic mass is 32.1. The number of H-pyrrole nitrogens is 1. The third kappa shape index (κ3) is 3.76. The van der Waals surface area contributed by atoms with Crippen molar-refractivity contribution in [1.82, 2.24) is 4.37 Å². The zero-order valence-electron chi connectivity index (χ0n) is 11.8. The average molecular weight is 326 g/mol. The van der Waals surface area contributed by atoms with Crippen LogP contribution < -0.4 is 13.9 Å². The number of phenolic OH excluding ortho intramolecular Hbond substituents is 1. The van der Waals surface area contributed by atoms with Gasteiger partial charge in [0.05, 0.1) is 10.4 Å². The molecule has 0 amide bonds. The normalized spacial score (nSPS) is 11.9. The zero-order chi connectivity index (χ0) is 16.1. The van der Waals surface area contributed by atoms with Crippen molar-refractivity contribution in [3.8, 4) is 11.6 Å². The molecule has 0 aliphatic carbocycles. The number of hydrogen-bond donors (Lipinski definition) is 4. The maximum Gasteiger partial charge on any atom is 0.356 e. The second-order valence-electron chi connectivity index (χ2n) is 4.47. The topological polar surface area (TPSA) is 118 Å². The van der Waals surface area contributed by atoms with Gasteiger partial charge in [-0.1, -0.05) is 17.0 Å². The van der Waals surface area contributed by atoms with Crippen molar-refractivity contribution in [1.29, 1.82) is 0 Å². The van der Waals surface area contributed by atoms with E-state index in [-0.39, 0.29) is 23.9 Å². The predicted octanol–water partition coefficient (Wildman–Crippen LogP) is 1.20. The Balaban J connectivity index is 2.19. The van der Waals surface area contributed by atoms with Gasteiger partial charge in [0, 0.05) is 6.42 Å². The Labute approximate surface area is 129 Å². The molecular formula is C13H16N3O5S+. The molecular weight excluding hydrogens is 310 g/mol. The fraction of sp³-hybridized carbons (Fsp3) is 0.308. The summed E-state index contributed by atoms with van der Waals surface area (Å²) in [6, 6.07) is 5.20. The highest BCUT2D eigenvalue weighted by Gasteiger charge is 2.28. The van der Waals surface area contributed by atoms with Crippen LogP contribution in [0.4, 0.5) is 5.82 Å². The fourth-order valence-corrected chi connectivity index (χ4v) is 2.40. The molecule has 1 aromatic carbocycles. The molecule has 8 nitrogen and oxygen atoms in total. The molecule has 1 aromatic heterocycles. The second-order valence-corrected chi connectivity index (χ2v) is 5.19. The van der Waals surface area contributed by atoms with E-state index in [0.717, 1.165) is 11.7 Å². The fourth-order valence-electron chi connectivity index (χ4n) is 1.85. The Bertz CT molecular complexity index is 694. The van der Waals surface area contributed by atoms with Crippen LogP contribution in [0.1, 0.15) is 12.5 Å². The number of anilines is 1. The quantitative estimate of drug-likeness (QED) is 0.568. The number of nitrogens with one attached hydrogen (secondary N) is 2. The van der Waals surface area contributed by atoms with Gasteiger partial charge in [-0.15, -0.1) is 0 Å². The maximum absolute atomic E-state index is 11.7. The lowest BCUT2D eigenvalue weighted by Gasteiger charge is -2.10. The maximum atomic E-state index is 11.7. The van der Waals surface area contributed by atoms with Gasteiger partial charge in [-0.2, -0.15) is 4.37 Å². The third-order valence-corrected chi connectivity index (χ3v) is 3.52. The van der Waals surface area contributed by atoms with Crippen molar-refractivity contribution in [2.24, 2.45) is 0 Å². The lowest BCUT2D eigenvalue weighted by atomic mass is 10.1. The lowest BCUT2D eigenvalue weighted by molar-refractivity contribution is -0.397. The smallest absolute Gasteiger partial charge is 0.356 e. The second kappa shape index (κ2) is 6.94. The van der Waals surface area contributed by atoms with Crippen LogP contribution in [0.2, 0.25) is 0 Å². The number of carboxylic acid groups (broad SMARTS) is 1. The number of aliphatic carboxylic acids is 1. The zero-order valence-corrected chi connectivity index (χ0v) is 12.6. The van der Waals surface area contributed by atoms with Gasteiger partial charge in [-0.05, 0) is 24.6 Å². The van der Waals surface area contributed by atoms with E-state index in [1.54, 1.807) is 19.1 Å². The van der Waals surface area contributed by atoms with Crippen LogP contribution in [0.3, 0.4) is 0 Å². The molecule has 0 radical (unpaired) electrons. The molecule has 0 unspecified atom stereocenters. The molecule has 0 bridgehead atoms. The number of nitrogens with zero attached hydrogens (tertiary/aromatic N) is 1. The molecule has 0 aliphatic heterocycles. The first-order valence-electron chi connectivity index (χ1n) is 6.55. The molecule has 0 fully saturated rings. The van der Waals surface area contributed by atoms with Crippen molar-refractivity contribution in [2.75, 3.05) is 11.9 Å². The Morgan fingerprint density at radius 2 is 2.14 bits per heavy atom. The molecule has 2 rings (SSSR count). The Morgan fingerprint density at radius 1 is 1.45 bits per heavy atom. The summed E-state index contributed by atoms with van der Waals surface area (Å²) in [5, 5.41) is 21.3. The van der Waals surface area contributed by atoms with Crippen LogP contribution in [-0.4, -0.2) is 33.2 Å². The van der Waals surface area contributed by atoms with Crippen LogP contribution in [-0.2, 0) is 11.2 Å². The van der Waals surface area contributed by atoms with Gasteiger partial charge in [0.1, 0.15) is 5.75 Å². The number of aromatic hydroxyl groups is 1. The van der Waals surface area contributed by atoms with E-state index in [0.29, 0.717) is 16.0 Å². The highest BCUT2D eigenvalue weighted by Crippen LogP contribution is 2.20. The standard InChI is InChI=1S/C13H15N3O5S/c1-2-21-12-11(16(20)22-15-12)14-10(13(18)19)7-8-3-5-9(17)6-4-8/h3-6,10,14H,2,7H2,1H3,(H2-,15,17,18,19,20)/p+1/t10-/m0/s1. The minimum atomic E-state index is -1.10. The van der Waals surface area contributed by atoms with Crippen molar-refractivity contribution in [3.63, 3.8) is 0 Å². The van der Waals surface area contributed by atoms with Gasteiger partial charge in [0.2, 0.25) is 11.7 Å². The summed E-state index contributed by atoms with van der Waals surface area (Å²) in [6.07, 6.45) is 0.150. The Hall–Kier alpha value is -2.55. The van der Waals surface area contributed by atoms with Crippen molar-refractivity contribution in [2.45, 2.75) is 19.4 Å². The van der Waals surface area contributed by atoms with E-state index in [1.165, 1.54) is 12.1 Å². The monoisotopic (exact) mass is 326 g/mol. The first kappa shape index (κ1) is 15.8. The number of rotatable bonds is 7. The minimum Gasteiger partial charge on any atom is -0.508 e. The molecule has 2 aromatic rings. The van der Waals surface area contributed by atoms with E-state index in [1.807, 2.05) is 0 Å². The molecule has 9 heteroatoms. The summed E-state index contributed by atoms with van der Waals surface area (Å²) in [5.74, 6) is -0.744. The number of hydrogen-bond acceptors (Lipinski definition) is 6. The molecule has 22 heavy (non-hydrogen) atoms. The summed E-state index contributed by atoms with van der Waals surface area (Å²) < 4.78 is 8.45. The van der Waals surface area contributed by atoms with Crippen molar-refractivity contribution >= 4 is 23.5 Å². The van der Waals surface area contributed by atoms with Crippen LogP contribution in [0.5, 0.6) is 11.6 Å². The van der Waals surface area contributed by atoms with Crippen LogP contribution in [0.15, 0.2) is 24.3 Å². The SMILES string of the molecule is CCOc1[nH]s[n+](=O)c1N[C@@H](Cc1ccc(O)cc1)C(=O)O. The van der Waals surface area contributed by atoms with Crippen molar-refractivity contribution < 1.29 is 23.6 Å². The third-order valence-electron chi connectivity index (χ3n) is 2.89. The minimum absolute atomic E-state index is 0.0398. The Kier molecular flexibility index (Phi) is 4.99. The predicted molar refractivity (Wildman–Crippen MR) is 80.1 cm³/mol. The Morgan fingerprint density at radius 3 is 2.73 bits per heavy atom. The molecule has 0 saturated heterocycles. The lowest BCUT2D eigenvalue weighted by Crippen LogP contribution is -2.34. The summed E-state index contributed by atoms with van der Waals surface area (Å²) in [5.41, 5.74) is 0.715. The van der Waals surface area contributed by atoms with Gasteiger partial charge in [0.15, 0.2) is 6.04 Å². The number of ether oxygens (including phenoxy) is 1. The number of phenols is 1. The molecule has 1 heterocycles. The van der Waals surface area contributed by atoms with Gasteiger partial charge in [0.25, 0.3) is 0 Å². The molecule has 118 valence electrons. The summed E-state index contributed by atoms with van der Waals surface area (Å²) in [7, 11) is 0. The van der Waals surface area contributed by atoms with Gasteiger partial charge in [-0.3, -0.25) is 5.32 Å². The molecule has 0 aliphatic rings. The first-order chi connectivity index (χ1) is 10.5. The number of carboxylic acids is 1. The van der Waals surface area contributed by atoms with E-state index in [2.05, 4.69) is 9.69 Å². The van der Waals surface area contributed by atoms with E-state index in [9.17, 15) is 19.9 Å². The van der Waals surface area contributed by atoms with Gasteiger partial charge >= 0.3 is 17.7 Å². The summed E-state index contributed by atoms with van der Waals surface area (Å²) >= 11 is 0.756. The van der Waals surface area contributed by atoms with E-state index >= 15 is 0 Å². The van der Waals surface area contributed by atoms with Crippen LogP contribution in [0, 0.1) is 4.91 Å². The first-order valence-corrected chi connectivity index (χ1v) is 7.33. The molecule has 1 atom stereocenters. The molecule has 0 saturated carbocycles. The average Bonchev–Trinajstić information content (AvgIpc) is 2.82. The summed E-state index contributed by atoms with van der Waals surface area (Å²) in [4.78, 5) is 23.1. The number of aromatic nitrogens is 2. The van der Waals surface area contributed by atoms with Gasteiger partial charge < -0.3 is 14.9 Å². The van der Waals surface area contributed by atoms with Crippen LogP contribution in [0.25, 0.3) is 0 Å². The van der Waals surface area contributed by atoms with E-state index < -0.39 is 12.0 Å². The number of aromatic amines is 1. The summed E-state index contributed by atoms with van der Waals surface area (Å²) in [6.45, 7) is 2.10. The van der Waals surface area contributed by atoms with E-state index in [4.69, 9.17) is 4.74 Å². The number of carbonyl (C=O) groups is 1. The highest BCUT2D eigenvalue weighted by molar-refractivity contribution is 6.95. The molecule has 4 N–H and O–H groups in total. The van der Waals surface area contributed by atoms with Crippen LogP contribution >= 0.6 is 11.7 Å². The largest absolute Gasteiger partial charge is 0.508 e. The van der Waals surface area contributed by atoms with Gasteiger partial charge in [-0.25, -0.2) is 4.79 Å². The number of benzene rings is 1.